The number of aromatic nitrogens is 3. The Balaban J connectivity index is 0.000000222. The lowest BCUT2D eigenvalue weighted by Gasteiger charge is -2.11. The highest BCUT2D eigenvalue weighted by Gasteiger charge is 2.16. The molecule has 12 rings (SSSR count). The first-order valence-corrected chi connectivity index (χ1v) is 26.8. The van der Waals surface area contributed by atoms with Gasteiger partial charge in [-0.05, 0) is 146 Å². The van der Waals surface area contributed by atoms with Crippen molar-refractivity contribution in [1.82, 2.24) is 13.7 Å². The monoisotopic (exact) mass is 1040 g/mol. The van der Waals surface area contributed by atoms with Crippen LogP contribution in [0.25, 0.3) is 112 Å². The molecule has 3 nitrogen and oxygen atoms in total. The lowest BCUT2D eigenvalue weighted by Crippen LogP contribution is -1.97. The largest absolute Gasteiger partial charge is 0.310 e. The number of hydrogen-bond acceptors (Lipinski definition) is 0. The van der Waals surface area contributed by atoms with Crippen molar-refractivity contribution in [3.8, 4) is 50.4 Å². The van der Waals surface area contributed by atoms with Crippen molar-refractivity contribution < 1.29 is 0 Å². The number of nitrogens with zero attached hydrogens (tertiary/aromatic N) is 3. The molecule has 79 heavy (non-hydrogen) atoms. The van der Waals surface area contributed by atoms with Gasteiger partial charge in [0.25, 0.3) is 0 Å². The van der Waals surface area contributed by atoms with Gasteiger partial charge in [-0.25, -0.2) is 0 Å². The molecule has 3 aromatic heterocycles. The molecule has 4 heteroatoms. The Morgan fingerprint density at radius 3 is 1.18 bits per heavy atom. The maximum absolute atomic E-state index is 4.11. The maximum Gasteiger partial charge on any atom is 0.0541 e. The van der Waals surface area contributed by atoms with Gasteiger partial charge in [0.05, 0.1) is 27.8 Å². The van der Waals surface area contributed by atoms with Crippen LogP contribution in [0.1, 0.15) is 49.7 Å². The van der Waals surface area contributed by atoms with E-state index in [2.05, 4.69) is 284 Å². The van der Waals surface area contributed by atoms with Crippen LogP contribution in [0, 0.1) is 6.92 Å². The summed E-state index contributed by atoms with van der Waals surface area (Å²) in [6.07, 6.45) is 17.3. The highest BCUT2D eigenvalue weighted by Crippen LogP contribution is 2.36. The zero-order chi connectivity index (χ0) is 54.0. The van der Waals surface area contributed by atoms with E-state index in [4.69, 9.17) is 0 Å². The zero-order valence-electron chi connectivity index (χ0n) is 45.7. The lowest BCUT2D eigenvalue weighted by atomic mass is 9.98. The minimum atomic E-state index is 0. The van der Waals surface area contributed by atoms with Gasteiger partial charge in [0.1, 0.15) is 0 Å². The molecular formula is C75H67N3S. The molecule has 0 atom stereocenters. The van der Waals surface area contributed by atoms with Crippen molar-refractivity contribution in [3.63, 3.8) is 0 Å². The summed E-state index contributed by atoms with van der Waals surface area (Å²) in [5, 5.41) is 5.06. The minimum Gasteiger partial charge on any atom is -0.310 e. The third-order valence-corrected chi connectivity index (χ3v) is 14.5. The summed E-state index contributed by atoms with van der Waals surface area (Å²) in [4.78, 5) is 0. The number of allylic oxidation sites excluding steroid dienone is 6. The quantitative estimate of drug-likeness (QED) is 0.0856. The average molecular weight is 1040 g/mol. The summed E-state index contributed by atoms with van der Waals surface area (Å²) in [7, 11) is 0. The van der Waals surface area contributed by atoms with Crippen LogP contribution < -0.4 is 0 Å². The van der Waals surface area contributed by atoms with Crippen molar-refractivity contribution in [2.24, 2.45) is 0 Å². The van der Waals surface area contributed by atoms with E-state index in [0.717, 1.165) is 28.9 Å². The summed E-state index contributed by atoms with van der Waals surface area (Å²) in [5.41, 5.74) is 21.5. The van der Waals surface area contributed by atoms with Crippen LogP contribution in [0.2, 0.25) is 0 Å². The average Bonchev–Trinajstić information content (AvgIpc) is 4.34. The molecule has 0 radical (unpaired) electrons. The van der Waals surface area contributed by atoms with E-state index in [-0.39, 0.29) is 13.5 Å². The van der Waals surface area contributed by atoms with Gasteiger partial charge in [-0.1, -0.05) is 226 Å². The molecule has 0 fully saturated rings. The molecule has 388 valence electrons. The van der Waals surface area contributed by atoms with Crippen LogP contribution in [-0.2, 0) is 0 Å². The van der Waals surface area contributed by atoms with Crippen LogP contribution in [0.3, 0.4) is 0 Å². The Morgan fingerprint density at radius 2 is 0.747 bits per heavy atom. The molecule has 0 saturated carbocycles. The van der Waals surface area contributed by atoms with E-state index < -0.39 is 0 Å². The third kappa shape index (κ3) is 11.2. The predicted octanol–water partition coefficient (Wildman–Crippen LogP) is 21.2. The second-order valence-corrected chi connectivity index (χ2v) is 19.3. The van der Waals surface area contributed by atoms with Gasteiger partial charge in [0.15, 0.2) is 0 Å². The molecule has 0 bridgehead atoms. The number of fused-ring (bicyclic) bond motifs is 5. The van der Waals surface area contributed by atoms with Gasteiger partial charge < -0.3 is 13.7 Å². The normalized spacial score (nSPS) is 11.2. The maximum atomic E-state index is 4.11. The molecule has 0 aliphatic rings. The summed E-state index contributed by atoms with van der Waals surface area (Å²) >= 11 is 0. The zero-order valence-corrected chi connectivity index (χ0v) is 46.7. The molecule has 0 aliphatic heterocycles. The fraction of sp³-hybridized carbons (Fsp3) is 0.0667. The highest BCUT2D eigenvalue weighted by atomic mass is 32.1. The molecule has 0 spiro atoms. The van der Waals surface area contributed by atoms with E-state index in [0.29, 0.717) is 0 Å². The number of para-hydroxylation sites is 5. The Hall–Kier alpha value is -9.35. The molecule has 0 saturated heterocycles. The molecule has 9 aromatic carbocycles. The molecule has 12 aromatic rings. The fourth-order valence-corrected chi connectivity index (χ4v) is 10.7. The first kappa shape index (κ1) is 54.4. The van der Waals surface area contributed by atoms with E-state index in [1.807, 2.05) is 50.3 Å². The second kappa shape index (κ2) is 25.2. The summed E-state index contributed by atoms with van der Waals surface area (Å²) in [6.45, 7) is 20.1. The second-order valence-electron chi connectivity index (χ2n) is 19.3. The number of hydrogen-bond donors (Lipinski definition) is 0. The molecule has 3 heterocycles. The summed E-state index contributed by atoms with van der Waals surface area (Å²) in [5.74, 6) is 0. The van der Waals surface area contributed by atoms with E-state index in [9.17, 15) is 0 Å². The van der Waals surface area contributed by atoms with Crippen molar-refractivity contribution in [2.75, 3.05) is 0 Å². The van der Waals surface area contributed by atoms with E-state index in [1.165, 1.54) is 99.6 Å². The molecule has 0 aliphatic carbocycles. The standard InChI is InChI=1S/C49H36N2.C17H15N.C9H14.H2S/c1-3-11-46-42(4-2)43-12-5-8-15-47(43)50(46)40-30-26-38(27-31-40)36-22-18-34(19-23-36)35-20-24-37(25-21-35)39-28-32-41(33-29-39)51-48-16-9-6-13-44(48)45-14-7-10-17-49(45)51;1-3-16-13(2)15-11-7-8-12-17(15)18(16)14-9-5-4-6-10-14;1-4-6-8-9(3)7-5-2;/h3-33H,2H2,1H3;3-12H,1H2,2H3;4-7H,3,8H2,1-2H3;1H2/b11-3-;;6-4-,7-5-;. The molecular weight excluding hydrogens is 975 g/mol. The van der Waals surface area contributed by atoms with Gasteiger partial charge in [-0.15, -0.1) is 0 Å². The molecule has 0 N–H and O–H groups in total. The molecule has 0 amide bonds. The van der Waals surface area contributed by atoms with Gasteiger partial charge in [0, 0.05) is 49.9 Å². The van der Waals surface area contributed by atoms with Crippen molar-refractivity contribution >= 4 is 75.3 Å². The Kier molecular flexibility index (Phi) is 17.4. The molecule has 0 unspecified atom stereocenters. The first-order valence-electron chi connectivity index (χ1n) is 26.8. The van der Waals surface area contributed by atoms with Crippen LogP contribution in [-0.4, -0.2) is 13.7 Å². The van der Waals surface area contributed by atoms with Crippen LogP contribution in [0.15, 0.2) is 280 Å². The van der Waals surface area contributed by atoms with Gasteiger partial charge in [0.2, 0.25) is 0 Å². The van der Waals surface area contributed by atoms with E-state index in [1.54, 1.807) is 0 Å². The topological polar surface area (TPSA) is 14.8 Å². The lowest BCUT2D eigenvalue weighted by molar-refractivity contribution is 1.10. The minimum absolute atomic E-state index is 0. The smallest absolute Gasteiger partial charge is 0.0541 e. The number of aryl methyl sites for hydroxylation is 1. The van der Waals surface area contributed by atoms with Gasteiger partial charge in [-0.2, -0.15) is 13.5 Å². The van der Waals surface area contributed by atoms with Crippen LogP contribution >= 0.6 is 13.5 Å². The SMILES string of the molecule is C=C(/C=C\C)C/C=C\C.C=Cc1c(/C=C\C)n(-c2ccc(-c3ccc(-c4ccc(-c5ccc(-n6c7ccccc7c7ccccc76)cc5)cc4)cc3)cc2)c2ccccc12.C=Cc1c(C)c2ccccc2n1-c1ccccc1.S. The predicted molar refractivity (Wildman–Crippen MR) is 351 cm³/mol. The number of benzene rings is 9. The Bertz CT molecular complexity index is 4100. The Labute approximate surface area is 473 Å². The van der Waals surface area contributed by atoms with Crippen LogP contribution in [0.5, 0.6) is 0 Å². The highest BCUT2D eigenvalue weighted by molar-refractivity contribution is 7.59. The fourth-order valence-electron chi connectivity index (χ4n) is 10.7. The van der Waals surface area contributed by atoms with E-state index >= 15 is 0 Å². The first-order chi connectivity index (χ1) is 38.3. The van der Waals surface area contributed by atoms with Crippen LogP contribution in [0.4, 0.5) is 0 Å². The van der Waals surface area contributed by atoms with Gasteiger partial charge in [-0.3, -0.25) is 0 Å². The summed E-state index contributed by atoms with van der Waals surface area (Å²) < 4.78 is 6.94. The van der Waals surface area contributed by atoms with Gasteiger partial charge >= 0.3 is 0 Å². The Morgan fingerprint density at radius 1 is 0.380 bits per heavy atom. The van der Waals surface area contributed by atoms with Crippen molar-refractivity contribution in [3.05, 3.63) is 303 Å². The van der Waals surface area contributed by atoms with Crippen molar-refractivity contribution in [2.45, 2.75) is 34.1 Å². The summed E-state index contributed by atoms with van der Waals surface area (Å²) in [6, 6.07) is 80.3. The number of rotatable bonds is 12. The third-order valence-electron chi connectivity index (χ3n) is 14.5. The van der Waals surface area contributed by atoms with Crippen molar-refractivity contribution in [1.29, 1.82) is 0 Å².